The zero-order valence-corrected chi connectivity index (χ0v) is 11.8. The number of rotatable bonds is 1. The first-order valence-electron chi connectivity index (χ1n) is 6.57. The Morgan fingerprint density at radius 1 is 1.26 bits per heavy atom. The number of nitrogens with zero attached hydrogens (tertiary/aromatic N) is 1. The van der Waals surface area contributed by atoms with Crippen LogP contribution in [0.3, 0.4) is 0 Å². The largest absolute Gasteiger partial charge is 0.441 e. The molecule has 2 aliphatic rings. The Morgan fingerprint density at radius 3 is 2.68 bits per heavy atom. The molecule has 1 aromatic carbocycles. The van der Waals surface area contributed by atoms with Gasteiger partial charge >= 0.3 is 6.09 Å². The fourth-order valence-corrected chi connectivity index (χ4v) is 2.83. The highest BCUT2D eigenvalue weighted by molar-refractivity contribution is 5.91. The third-order valence-electron chi connectivity index (χ3n) is 3.78. The maximum absolute atomic E-state index is 12.1. The van der Waals surface area contributed by atoms with Crippen LogP contribution in [0, 0.1) is 0 Å². The van der Waals surface area contributed by atoms with Gasteiger partial charge in [0.15, 0.2) is 0 Å². The molecule has 5 heteroatoms. The van der Waals surface area contributed by atoms with Crippen LogP contribution in [-0.4, -0.2) is 25.2 Å². The molecule has 1 saturated heterocycles. The fraction of sp³-hybridized carbons (Fsp3) is 0.500. The summed E-state index contributed by atoms with van der Waals surface area (Å²) in [4.78, 5) is 14.0. The molecule has 0 aromatic heterocycles. The number of para-hydroxylation sites is 1. The second-order valence-electron chi connectivity index (χ2n) is 4.94. The van der Waals surface area contributed by atoms with Gasteiger partial charge in [-0.25, -0.2) is 4.79 Å². The first-order valence-corrected chi connectivity index (χ1v) is 6.57. The number of nitrogens with one attached hydrogen (secondary N) is 1. The third-order valence-corrected chi connectivity index (χ3v) is 3.78. The van der Waals surface area contributed by atoms with E-state index in [0.717, 1.165) is 37.2 Å². The van der Waals surface area contributed by atoms with E-state index < -0.39 is 0 Å². The molecule has 0 radical (unpaired) electrons. The minimum Gasteiger partial charge on any atom is -0.441 e. The van der Waals surface area contributed by atoms with Crippen molar-refractivity contribution in [1.29, 1.82) is 0 Å². The summed E-state index contributed by atoms with van der Waals surface area (Å²) in [5.41, 5.74) is 2.13. The van der Waals surface area contributed by atoms with Crippen molar-refractivity contribution in [2.75, 3.05) is 18.0 Å². The van der Waals surface area contributed by atoms with Crippen LogP contribution in [-0.2, 0) is 4.74 Å². The maximum Gasteiger partial charge on any atom is 0.415 e. The maximum atomic E-state index is 12.1. The van der Waals surface area contributed by atoms with E-state index in [1.54, 1.807) is 0 Å². The van der Waals surface area contributed by atoms with Crippen LogP contribution in [0.2, 0.25) is 0 Å². The Balaban J connectivity index is 0.00000133. The van der Waals surface area contributed by atoms with E-state index in [2.05, 4.69) is 5.32 Å². The smallest absolute Gasteiger partial charge is 0.415 e. The highest BCUT2D eigenvalue weighted by Gasteiger charge is 2.35. The van der Waals surface area contributed by atoms with Gasteiger partial charge in [0.2, 0.25) is 0 Å². The number of fused-ring (bicyclic) bond motifs is 1. The molecule has 1 aromatic rings. The van der Waals surface area contributed by atoms with Gasteiger partial charge in [-0.05, 0) is 38.9 Å². The minimum absolute atomic E-state index is 0. The average Bonchev–Trinajstić information content (AvgIpc) is 2.40. The zero-order chi connectivity index (χ0) is 12.5. The lowest BCUT2D eigenvalue weighted by Gasteiger charge is -2.39. The number of hydrogen-bond donors (Lipinski definition) is 1. The Kier molecular flexibility index (Phi) is 4.32. The number of carbonyl (C=O) groups is 1. The van der Waals surface area contributed by atoms with Crippen LogP contribution in [0.15, 0.2) is 24.3 Å². The lowest BCUT2D eigenvalue weighted by molar-refractivity contribution is 0.104. The molecule has 3 rings (SSSR count). The summed E-state index contributed by atoms with van der Waals surface area (Å²) in [6, 6.07) is 8.30. The van der Waals surface area contributed by atoms with Crippen LogP contribution in [0.1, 0.15) is 31.4 Å². The van der Waals surface area contributed by atoms with Crippen molar-refractivity contribution in [3.63, 3.8) is 0 Å². The van der Waals surface area contributed by atoms with Crippen LogP contribution in [0.4, 0.5) is 10.5 Å². The molecule has 1 unspecified atom stereocenters. The van der Waals surface area contributed by atoms with Crippen molar-refractivity contribution in [2.45, 2.75) is 31.9 Å². The summed E-state index contributed by atoms with van der Waals surface area (Å²) in [6.07, 6.45) is 1.62. The standard InChI is InChI=1S/C14H18N2O2.ClH/c1-10-12-4-2-3-5-13(12)16(14(17)18-10)11-6-8-15-9-7-11;/h2-5,10-11,15H,6-9H2,1H3;1H. The van der Waals surface area contributed by atoms with E-state index in [1.165, 1.54) is 0 Å². The number of piperidine rings is 1. The molecule has 1 atom stereocenters. The predicted octanol–water partition coefficient (Wildman–Crippen LogP) is 2.88. The molecule has 4 nitrogen and oxygen atoms in total. The molecule has 0 bridgehead atoms. The van der Waals surface area contributed by atoms with Gasteiger partial charge in [-0.3, -0.25) is 4.90 Å². The molecule has 2 aliphatic heterocycles. The fourth-order valence-electron chi connectivity index (χ4n) is 2.83. The van der Waals surface area contributed by atoms with E-state index >= 15 is 0 Å². The van der Waals surface area contributed by atoms with Crippen LogP contribution in [0.25, 0.3) is 0 Å². The quantitative estimate of drug-likeness (QED) is 0.861. The number of amides is 1. The van der Waals surface area contributed by atoms with Gasteiger partial charge < -0.3 is 10.1 Å². The molecule has 2 heterocycles. The van der Waals surface area contributed by atoms with Crippen molar-refractivity contribution in [1.82, 2.24) is 5.32 Å². The third kappa shape index (κ3) is 2.55. The Labute approximate surface area is 119 Å². The average molecular weight is 283 g/mol. The van der Waals surface area contributed by atoms with E-state index in [1.807, 2.05) is 36.1 Å². The number of cyclic esters (lactones) is 1. The minimum atomic E-state index is -0.201. The van der Waals surface area contributed by atoms with Crippen molar-refractivity contribution >= 4 is 24.2 Å². The van der Waals surface area contributed by atoms with E-state index in [0.29, 0.717) is 0 Å². The molecule has 0 spiro atoms. The number of carbonyl (C=O) groups excluding carboxylic acids is 1. The summed E-state index contributed by atoms with van der Waals surface area (Å²) in [5, 5.41) is 3.32. The van der Waals surface area contributed by atoms with Gasteiger partial charge in [-0.2, -0.15) is 0 Å². The molecule has 0 saturated carbocycles. The van der Waals surface area contributed by atoms with Crippen molar-refractivity contribution in [3.05, 3.63) is 29.8 Å². The second-order valence-corrected chi connectivity index (χ2v) is 4.94. The Hall–Kier alpha value is -1.26. The normalized spacial score (nSPS) is 23.3. The number of ether oxygens (including phenoxy) is 1. The molecule has 104 valence electrons. The van der Waals surface area contributed by atoms with Crippen LogP contribution >= 0.6 is 12.4 Å². The molecular weight excluding hydrogens is 264 g/mol. The Bertz CT molecular complexity index is 461. The highest BCUT2D eigenvalue weighted by atomic mass is 35.5. The summed E-state index contributed by atoms with van der Waals surface area (Å²) < 4.78 is 5.45. The van der Waals surface area contributed by atoms with Gasteiger partial charge in [-0.15, -0.1) is 12.4 Å². The second kappa shape index (κ2) is 5.80. The zero-order valence-electron chi connectivity index (χ0n) is 11.0. The molecule has 0 aliphatic carbocycles. The molecule has 19 heavy (non-hydrogen) atoms. The lowest BCUT2D eigenvalue weighted by atomic mass is 10.00. The van der Waals surface area contributed by atoms with Crippen LogP contribution in [0.5, 0.6) is 0 Å². The van der Waals surface area contributed by atoms with Gasteiger partial charge in [0.25, 0.3) is 0 Å². The van der Waals surface area contributed by atoms with Gasteiger partial charge in [0.05, 0.1) is 5.69 Å². The van der Waals surface area contributed by atoms with Gasteiger partial charge in [0.1, 0.15) is 6.10 Å². The highest BCUT2D eigenvalue weighted by Crippen LogP contribution is 2.36. The van der Waals surface area contributed by atoms with Gasteiger partial charge in [-0.1, -0.05) is 18.2 Å². The monoisotopic (exact) mass is 282 g/mol. The van der Waals surface area contributed by atoms with E-state index in [9.17, 15) is 4.79 Å². The molecule has 1 fully saturated rings. The first kappa shape index (κ1) is 14.2. The number of halogens is 1. The topological polar surface area (TPSA) is 41.6 Å². The Morgan fingerprint density at radius 2 is 1.95 bits per heavy atom. The SMILES string of the molecule is CC1OC(=O)N(C2CCNCC2)c2ccccc21.Cl. The summed E-state index contributed by atoms with van der Waals surface area (Å²) >= 11 is 0. The summed E-state index contributed by atoms with van der Waals surface area (Å²) in [7, 11) is 0. The van der Waals surface area contributed by atoms with Crippen molar-refractivity contribution in [2.24, 2.45) is 0 Å². The van der Waals surface area contributed by atoms with E-state index in [4.69, 9.17) is 4.74 Å². The molecule has 1 amide bonds. The lowest BCUT2D eigenvalue weighted by Crippen LogP contribution is -2.48. The summed E-state index contributed by atoms with van der Waals surface area (Å²) in [6.45, 7) is 3.86. The molecular formula is C14H19ClN2O2. The number of hydrogen-bond acceptors (Lipinski definition) is 3. The van der Waals surface area contributed by atoms with Crippen molar-refractivity contribution in [3.8, 4) is 0 Å². The van der Waals surface area contributed by atoms with Crippen molar-refractivity contribution < 1.29 is 9.53 Å². The first-order chi connectivity index (χ1) is 8.77. The predicted molar refractivity (Wildman–Crippen MR) is 77.0 cm³/mol. The summed E-state index contributed by atoms with van der Waals surface area (Å²) in [5.74, 6) is 0. The number of benzene rings is 1. The van der Waals surface area contributed by atoms with E-state index in [-0.39, 0.29) is 30.6 Å². The number of anilines is 1. The van der Waals surface area contributed by atoms with Gasteiger partial charge in [0, 0.05) is 11.6 Å². The van der Waals surface area contributed by atoms with Crippen LogP contribution < -0.4 is 10.2 Å². The molecule has 1 N–H and O–H groups in total.